The first-order chi connectivity index (χ1) is 12.0. The van der Waals surface area contributed by atoms with E-state index in [1.165, 1.54) is 12.3 Å². The molecule has 0 aliphatic heterocycles. The number of nitrogens with one attached hydrogen (secondary N) is 1. The molecule has 1 heterocycles. The minimum Gasteiger partial charge on any atom is -0.867 e. The van der Waals surface area contributed by atoms with E-state index in [4.69, 9.17) is 23.2 Å². The third kappa shape index (κ3) is 3.62. The van der Waals surface area contributed by atoms with E-state index in [-0.39, 0.29) is 10.6 Å². The van der Waals surface area contributed by atoms with Crippen molar-refractivity contribution in [1.29, 1.82) is 0 Å². The number of nitrogens with zero attached hydrogens (tertiary/aromatic N) is 3. The quantitative estimate of drug-likeness (QED) is 0.422. The molecule has 0 aliphatic rings. The number of nitro groups is 1. The zero-order valence-corrected chi connectivity index (χ0v) is 14.0. The number of hydrogen-bond acceptors (Lipinski definition) is 6. The Hall–Kier alpha value is -2.90. The van der Waals surface area contributed by atoms with Gasteiger partial charge in [-0.15, -0.1) is 0 Å². The molecule has 9 heteroatoms. The summed E-state index contributed by atoms with van der Waals surface area (Å²) in [5, 5.41) is 28.3. The molecular formula is C16H9Cl2N4O3-. The fraction of sp³-hybridized carbons (Fsp3) is 0. The lowest BCUT2D eigenvalue weighted by Crippen LogP contribution is -2.03. The van der Waals surface area contributed by atoms with Crippen molar-refractivity contribution >= 4 is 51.7 Å². The molecule has 0 unspecified atom stereocenters. The molecular weight excluding hydrogens is 367 g/mol. The fourth-order valence-corrected chi connectivity index (χ4v) is 2.61. The second-order valence-corrected chi connectivity index (χ2v) is 5.86. The first kappa shape index (κ1) is 16.9. The van der Waals surface area contributed by atoms with E-state index in [9.17, 15) is 15.2 Å². The molecule has 0 amide bonds. The molecule has 0 radical (unpaired) electrons. The molecule has 1 N–H and O–H groups in total. The summed E-state index contributed by atoms with van der Waals surface area (Å²) in [7, 11) is 0. The van der Waals surface area contributed by atoms with Gasteiger partial charge >= 0.3 is 0 Å². The Morgan fingerprint density at radius 1 is 1.16 bits per heavy atom. The smallest absolute Gasteiger partial charge is 0.263 e. The van der Waals surface area contributed by atoms with Crippen molar-refractivity contribution in [2.24, 2.45) is 5.10 Å². The van der Waals surface area contributed by atoms with Crippen LogP contribution in [0.4, 0.5) is 11.4 Å². The molecule has 25 heavy (non-hydrogen) atoms. The second-order valence-electron chi connectivity index (χ2n) is 4.99. The monoisotopic (exact) mass is 375 g/mol. The predicted octanol–water partition coefficient (Wildman–Crippen LogP) is 3.97. The van der Waals surface area contributed by atoms with Crippen LogP contribution in [0, 0.1) is 10.1 Å². The van der Waals surface area contributed by atoms with Gasteiger partial charge in [-0.3, -0.25) is 20.5 Å². The molecule has 0 fully saturated rings. The Labute approximate surface area is 151 Å². The first-order valence-electron chi connectivity index (χ1n) is 6.94. The maximum atomic E-state index is 12.0. The number of halogens is 2. The van der Waals surface area contributed by atoms with Crippen LogP contribution in [-0.2, 0) is 0 Å². The molecule has 126 valence electrons. The molecule has 0 bridgehead atoms. The number of fused-ring (bicyclic) bond motifs is 1. The second kappa shape index (κ2) is 6.92. The summed E-state index contributed by atoms with van der Waals surface area (Å²) in [5.41, 5.74) is 3.51. The van der Waals surface area contributed by atoms with Crippen LogP contribution in [0.5, 0.6) is 5.75 Å². The van der Waals surface area contributed by atoms with Crippen LogP contribution in [-0.4, -0.2) is 16.1 Å². The van der Waals surface area contributed by atoms with Gasteiger partial charge in [-0.25, -0.2) is 0 Å². The highest BCUT2D eigenvalue weighted by Crippen LogP contribution is 2.30. The van der Waals surface area contributed by atoms with Crippen LogP contribution in [0.3, 0.4) is 0 Å². The SMILES string of the molecule is O=[N+]([O-])c1cc(Cl)cc(/C=N\Nc2ccnc3cc(Cl)ccc23)c1[O-]. The maximum absolute atomic E-state index is 12.0. The first-order valence-corrected chi connectivity index (χ1v) is 7.69. The van der Waals surface area contributed by atoms with Crippen molar-refractivity contribution in [1.82, 2.24) is 4.98 Å². The van der Waals surface area contributed by atoms with Crippen LogP contribution in [0.2, 0.25) is 10.0 Å². The Morgan fingerprint density at radius 2 is 1.96 bits per heavy atom. The van der Waals surface area contributed by atoms with Crippen LogP contribution in [0.15, 0.2) is 47.7 Å². The summed E-state index contributed by atoms with van der Waals surface area (Å²) in [6.07, 6.45) is 2.77. The van der Waals surface area contributed by atoms with Crippen molar-refractivity contribution in [2.75, 3.05) is 5.43 Å². The number of nitro benzene ring substituents is 1. The van der Waals surface area contributed by atoms with E-state index in [1.807, 2.05) is 0 Å². The van der Waals surface area contributed by atoms with Gasteiger partial charge in [0.2, 0.25) is 0 Å². The standard InChI is InChI=1S/C16H10Cl2N4O3/c17-10-1-2-12-13(3-4-19-14(12)6-10)21-20-8-9-5-11(18)7-15(16(9)23)22(24)25/h1-8,23H,(H,19,21)/p-1/b20-8-. The largest absolute Gasteiger partial charge is 0.867 e. The minimum atomic E-state index is -0.779. The van der Waals surface area contributed by atoms with Crippen LogP contribution >= 0.6 is 23.2 Å². The van der Waals surface area contributed by atoms with Gasteiger partial charge in [0, 0.05) is 27.7 Å². The van der Waals surface area contributed by atoms with Crippen LogP contribution in [0.1, 0.15) is 5.56 Å². The maximum Gasteiger partial charge on any atom is 0.263 e. The highest BCUT2D eigenvalue weighted by molar-refractivity contribution is 6.31. The molecule has 0 saturated carbocycles. The number of benzene rings is 2. The molecule has 1 aromatic heterocycles. The molecule has 0 saturated heterocycles. The molecule has 2 aromatic carbocycles. The summed E-state index contributed by atoms with van der Waals surface area (Å²) in [5.74, 6) is -0.758. The van der Waals surface area contributed by atoms with E-state index in [0.29, 0.717) is 16.2 Å². The van der Waals surface area contributed by atoms with E-state index < -0.39 is 16.4 Å². The fourth-order valence-electron chi connectivity index (χ4n) is 2.22. The van der Waals surface area contributed by atoms with E-state index >= 15 is 0 Å². The summed E-state index contributed by atoms with van der Waals surface area (Å²) in [4.78, 5) is 14.3. The van der Waals surface area contributed by atoms with Crippen molar-refractivity contribution in [3.05, 3.63) is 68.3 Å². The topological polar surface area (TPSA) is 103 Å². The normalized spacial score (nSPS) is 11.1. The van der Waals surface area contributed by atoms with Gasteiger partial charge in [-0.05, 0) is 41.6 Å². The number of hydrogen-bond donors (Lipinski definition) is 1. The number of rotatable bonds is 4. The third-order valence-corrected chi connectivity index (χ3v) is 3.81. The van der Waals surface area contributed by atoms with Gasteiger partial charge in [-0.1, -0.05) is 23.2 Å². The Balaban J connectivity index is 1.91. The zero-order chi connectivity index (χ0) is 18.0. The molecule has 3 rings (SSSR count). The van der Waals surface area contributed by atoms with E-state index in [0.717, 1.165) is 11.5 Å². The summed E-state index contributed by atoms with van der Waals surface area (Å²) >= 11 is 11.7. The van der Waals surface area contributed by atoms with Gasteiger partial charge in [0.15, 0.2) is 0 Å². The van der Waals surface area contributed by atoms with Gasteiger partial charge < -0.3 is 5.11 Å². The van der Waals surface area contributed by atoms with Crippen molar-refractivity contribution in [3.8, 4) is 5.75 Å². The molecule has 0 aliphatic carbocycles. The average molecular weight is 376 g/mol. The van der Waals surface area contributed by atoms with Crippen molar-refractivity contribution < 1.29 is 10.0 Å². The highest BCUT2D eigenvalue weighted by atomic mass is 35.5. The Morgan fingerprint density at radius 3 is 2.72 bits per heavy atom. The summed E-state index contributed by atoms with van der Waals surface area (Å²) in [6, 6.07) is 9.23. The molecule has 3 aromatic rings. The van der Waals surface area contributed by atoms with Gasteiger partial charge in [0.25, 0.3) is 5.69 Å². The van der Waals surface area contributed by atoms with Gasteiger partial charge in [0.05, 0.1) is 22.3 Å². The Kier molecular flexibility index (Phi) is 4.69. The van der Waals surface area contributed by atoms with E-state index in [1.54, 1.807) is 30.5 Å². The number of hydrazone groups is 1. The van der Waals surface area contributed by atoms with Crippen LogP contribution < -0.4 is 10.5 Å². The van der Waals surface area contributed by atoms with Gasteiger partial charge in [-0.2, -0.15) is 5.10 Å². The minimum absolute atomic E-state index is 0.00751. The zero-order valence-electron chi connectivity index (χ0n) is 12.4. The number of aromatic nitrogens is 1. The lowest BCUT2D eigenvalue weighted by molar-refractivity contribution is -0.398. The Bertz CT molecular complexity index is 1010. The third-order valence-electron chi connectivity index (χ3n) is 3.35. The lowest BCUT2D eigenvalue weighted by atomic mass is 10.2. The van der Waals surface area contributed by atoms with Crippen LogP contribution in [0.25, 0.3) is 10.9 Å². The molecule has 0 spiro atoms. The highest BCUT2D eigenvalue weighted by Gasteiger charge is 2.11. The number of pyridine rings is 1. The van der Waals surface area contributed by atoms with Crippen molar-refractivity contribution in [2.45, 2.75) is 0 Å². The number of anilines is 1. The van der Waals surface area contributed by atoms with E-state index in [2.05, 4.69) is 15.5 Å². The van der Waals surface area contributed by atoms with Crippen molar-refractivity contribution in [3.63, 3.8) is 0 Å². The summed E-state index contributed by atoms with van der Waals surface area (Å²) in [6.45, 7) is 0. The summed E-state index contributed by atoms with van der Waals surface area (Å²) < 4.78 is 0. The molecule has 0 atom stereocenters. The predicted molar refractivity (Wildman–Crippen MR) is 95.5 cm³/mol. The lowest BCUT2D eigenvalue weighted by Gasteiger charge is -2.11. The van der Waals surface area contributed by atoms with Gasteiger partial charge in [0.1, 0.15) is 0 Å². The molecule has 7 nitrogen and oxygen atoms in total. The average Bonchev–Trinajstić information content (AvgIpc) is 2.57.